The highest BCUT2D eigenvalue weighted by atomic mass is 32.1. The monoisotopic (exact) mass is 134 g/mol. The van der Waals surface area contributed by atoms with Gasteiger partial charge < -0.3 is 5.11 Å². The van der Waals surface area contributed by atoms with E-state index in [9.17, 15) is 0 Å². The van der Waals surface area contributed by atoms with Crippen molar-refractivity contribution in [3.63, 3.8) is 0 Å². The van der Waals surface area contributed by atoms with Crippen LogP contribution in [0.2, 0.25) is 0 Å². The Balaban J connectivity index is 3.39. The standard InChI is InChI=1S/C6H14OS/c1-5(8)4-6(2,3)7/h5,7-8H,4H2,1-3H3. The summed E-state index contributed by atoms with van der Waals surface area (Å²) in [4.78, 5) is 0. The summed E-state index contributed by atoms with van der Waals surface area (Å²) in [6, 6.07) is 0. The molecule has 1 N–H and O–H groups in total. The molecule has 0 saturated carbocycles. The fourth-order valence-electron chi connectivity index (χ4n) is 0.723. The van der Waals surface area contributed by atoms with E-state index in [1.807, 2.05) is 6.92 Å². The molecule has 0 saturated heterocycles. The van der Waals surface area contributed by atoms with Gasteiger partial charge >= 0.3 is 0 Å². The Morgan fingerprint density at radius 1 is 1.62 bits per heavy atom. The lowest BCUT2D eigenvalue weighted by molar-refractivity contribution is 0.0720. The molecule has 0 heterocycles. The molecule has 0 aromatic carbocycles. The first-order valence-corrected chi connectivity index (χ1v) is 3.34. The third-order valence-electron chi connectivity index (χ3n) is 0.795. The van der Waals surface area contributed by atoms with Gasteiger partial charge in [0.2, 0.25) is 0 Å². The SMILES string of the molecule is CC(S)CC(C)(C)O. The van der Waals surface area contributed by atoms with Crippen LogP contribution < -0.4 is 0 Å². The minimum Gasteiger partial charge on any atom is -0.390 e. The molecular weight excluding hydrogens is 120 g/mol. The van der Waals surface area contributed by atoms with E-state index in [4.69, 9.17) is 5.11 Å². The van der Waals surface area contributed by atoms with E-state index in [2.05, 4.69) is 12.6 Å². The molecule has 50 valence electrons. The van der Waals surface area contributed by atoms with Gasteiger partial charge in [0.1, 0.15) is 0 Å². The molecule has 0 aromatic heterocycles. The van der Waals surface area contributed by atoms with Gasteiger partial charge in [-0.3, -0.25) is 0 Å². The van der Waals surface area contributed by atoms with Crippen LogP contribution >= 0.6 is 12.6 Å². The molecule has 0 amide bonds. The Morgan fingerprint density at radius 3 is 2.00 bits per heavy atom. The van der Waals surface area contributed by atoms with E-state index in [1.165, 1.54) is 0 Å². The minimum atomic E-state index is -0.554. The van der Waals surface area contributed by atoms with E-state index in [-0.39, 0.29) is 5.25 Å². The maximum atomic E-state index is 9.14. The summed E-state index contributed by atoms with van der Waals surface area (Å²) in [5, 5.41) is 9.43. The highest BCUT2D eigenvalue weighted by Gasteiger charge is 2.13. The molecule has 1 atom stereocenters. The topological polar surface area (TPSA) is 20.2 Å². The number of thiol groups is 1. The maximum Gasteiger partial charge on any atom is 0.0602 e. The van der Waals surface area contributed by atoms with Crippen molar-refractivity contribution in [2.45, 2.75) is 38.0 Å². The highest BCUT2D eigenvalue weighted by Crippen LogP contribution is 2.13. The number of hydrogen-bond donors (Lipinski definition) is 2. The average molecular weight is 134 g/mol. The zero-order chi connectivity index (χ0) is 6.78. The fraction of sp³-hybridized carbons (Fsp3) is 1.00. The van der Waals surface area contributed by atoms with Gasteiger partial charge in [0.15, 0.2) is 0 Å². The molecule has 0 radical (unpaired) electrons. The third kappa shape index (κ3) is 6.31. The van der Waals surface area contributed by atoms with Gasteiger partial charge in [-0.25, -0.2) is 0 Å². The summed E-state index contributed by atoms with van der Waals surface area (Å²) in [5.41, 5.74) is -0.554. The normalized spacial score (nSPS) is 16.1. The highest BCUT2D eigenvalue weighted by molar-refractivity contribution is 7.80. The molecular formula is C6H14OS. The molecule has 2 heteroatoms. The third-order valence-corrected chi connectivity index (χ3v) is 0.978. The second kappa shape index (κ2) is 2.74. The van der Waals surface area contributed by atoms with Crippen LogP contribution in [0, 0.1) is 0 Å². The zero-order valence-electron chi connectivity index (χ0n) is 5.68. The van der Waals surface area contributed by atoms with Gasteiger partial charge in [-0.05, 0) is 20.3 Å². The van der Waals surface area contributed by atoms with Gasteiger partial charge in [-0.15, -0.1) is 0 Å². The summed E-state index contributed by atoms with van der Waals surface area (Å²) in [6.07, 6.45) is 0.746. The molecule has 0 fully saturated rings. The predicted octanol–water partition coefficient (Wildman–Crippen LogP) is 1.47. The zero-order valence-corrected chi connectivity index (χ0v) is 6.57. The fourth-order valence-corrected chi connectivity index (χ4v) is 1.17. The van der Waals surface area contributed by atoms with E-state index >= 15 is 0 Å². The van der Waals surface area contributed by atoms with Crippen molar-refractivity contribution < 1.29 is 5.11 Å². The summed E-state index contributed by atoms with van der Waals surface area (Å²) in [6.45, 7) is 5.56. The Bertz CT molecular complexity index is 63.4. The summed E-state index contributed by atoms with van der Waals surface area (Å²) in [5.74, 6) is 0. The van der Waals surface area contributed by atoms with E-state index in [0.717, 1.165) is 6.42 Å². The second-order valence-electron chi connectivity index (χ2n) is 2.87. The minimum absolute atomic E-state index is 0.287. The summed E-state index contributed by atoms with van der Waals surface area (Å²) in [7, 11) is 0. The van der Waals surface area contributed by atoms with Gasteiger partial charge in [0.25, 0.3) is 0 Å². The first-order valence-electron chi connectivity index (χ1n) is 2.82. The molecule has 8 heavy (non-hydrogen) atoms. The lowest BCUT2D eigenvalue weighted by atomic mass is 10.0. The smallest absolute Gasteiger partial charge is 0.0602 e. The molecule has 0 aliphatic heterocycles. The Hall–Kier alpha value is 0.310. The van der Waals surface area contributed by atoms with Crippen molar-refractivity contribution in [2.24, 2.45) is 0 Å². The molecule has 1 unspecified atom stereocenters. The van der Waals surface area contributed by atoms with Crippen LogP contribution in [0.1, 0.15) is 27.2 Å². The van der Waals surface area contributed by atoms with Crippen LogP contribution in [-0.2, 0) is 0 Å². The lowest BCUT2D eigenvalue weighted by Gasteiger charge is -2.18. The van der Waals surface area contributed by atoms with E-state index in [1.54, 1.807) is 13.8 Å². The van der Waals surface area contributed by atoms with Crippen molar-refractivity contribution in [3.05, 3.63) is 0 Å². The Morgan fingerprint density at radius 2 is 2.00 bits per heavy atom. The first kappa shape index (κ1) is 8.31. The van der Waals surface area contributed by atoms with Crippen LogP contribution in [0.5, 0.6) is 0 Å². The van der Waals surface area contributed by atoms with Crippen LogP contribution in [0.4, 0.5) is 0 Å². The largest absolute Gasteiger partial charge is 0.390 e. The molecule has 0 aliphatic carbocycles. The van der Waals surface area contributed by atoms with Crippen molar-refractivity contribution >= 4 is 12.6 Å². The van der Waals surface area contributed by atoms with Gasteiger partial charge in [0.05, 0.1) is 5.60 Å². The lowest BCUT2D eigenvalue weighted by Crippen LogP contribution is -2.21. The number of rotatable bonds is 2. The molecule has 0 aliphatic rings. The second-order valence-corrected chi connectivity index (χ2v) is 3.75. The predicted molar refractivity (Wildman–Crippen MR) is 39.4 cm³/mol. The molecule has 0 spiro atoms. The van der Waals surface area contributed by atoms with E-state index in [0.29, 0.717) is 0 Å². The molecule has 1 nitrogen and oxygen atoms in total. The van der Waals surface area contributed by atoms with Crippen LogP contribution in [0.25, 0.3) is 0 Å². The summed E-state index contributed by atoms with van der Waals surface area (Å²) >= 11 is 4.13. The van der Waals surface area contributed by atoms with Gasteiger partial charge in [-0.1, -0.05) is 6.92 Å². The van der Waals surface area contributed by atoms with Crippen LogP contribution in [0.3, 0.4) is 0 Å². The Labute approximate surface area is 56.5 Å². The molecule has 0 rings (SSSR count). The van der Waals surface area contributed by atoms with E-state index < -0.39 is 5.60 Å². The van der Waals surface area contributed by atoms with Crippen LogP contribution in [-0.4, -0.2) is 16.0 Å². The maximum absolute atomic E-state index is 9.14. The number of aliphatic hydroxyl groups is 1. The van der Waals surface area contributed by atoms with Crippen molar-refractivity contribution in [2.75, 3.05) is 0 Å². The van der Waals surface area contributed by atoms with Gasteiger partial charge in [-0.2, -0.15) is 12.6 Å². The van der Waals surface area contributed by atoms with Crippen molar-refractivity contribution in [3.8, 4) is 0 Å². The molecule has 0 aromatic rings. The van der Waals surface area contributed by atoms with Crippen molar-refractivity contribution in [1.82, 2.24) is 0 Å². The van der Waals surface area contributed by atoms with Gasteiger partial charge in [0, 0.05) is 5.25 Å². The quantitative estimate of drug-likeness (QED) is 0.548. The Kier molecular flexibility index (Phi) is 2.84. The summed E-state index contributed by atoms with van der Waals surface area (Å²) < 4.78 is 0. The average Bonchev–Trinajstić information content (AvgIpc) is 1.21. The number of hydrogen-bond acceptors (Lipinski definition) is 2. The van der Waals surface area contributed by atoms with Crippen molar-refractivity contribution in [1.29, 1.82) is 0 Å². The first-order chi connectivity index (χ1) is 3.42. The van der Waals surface area contributed by atoms with Crippen LogP contribution in [0.15, 0.2) is 0 Å². The molecule has 0 bridgehead atoms.